The minimum atomic E-state index is -3.27. The molecular formula is C13H16ClFN2O3S. The molecule has 116 valence electrons. The molecule has 1 atom stereocenters. The summed E-state index contributed by atoms with van der Waals surface area (Å²) in [5, 5.41) is 2.68. The van der Waals surface area contributed by atoms with Crippen molar-refractivity contribution in [3.8, 4) is 0 Å². The molecule has 1 unspecified atom stereocenters. The van der Waals surface area contributed by atoms with Crippen LogP contribution >= 0.6 is 11.6 Å². The fourth-order valence-corrected chi connectivity index (χ4v) is 3.30. The number of benzene rings is 1. The smallest absolute Gasteiger partial charge is 0.251 e. The number of rotatable bonds is 3. The normalized spacial score (nSPS) is 20.2. The van der Waals surface area contributed by atoms with Gasteiger partial charge in [-0.1, -0.05) is 11.6 Å². The third-order valence-electron chi connectivity index (χ3n) is 3.37. The number of hydrogen-bond donors (Lipinski definition) is 1. The number of amides is 1. The van der Waals surface area contributed by atoms with Crippen molar-refractivity contribution in [1.29, 1.82) is 0 Å². The first-order valence-corrected chi connectivity index (χ1v) is 8.71. The number of carbonyl (C=O) groups is 1. The van der Waals surface area contributed by atoms with Gasteiger partial charge in [0.15, 0.2) is 0 Å². The van der Waals surface area contributed by atoms with E-state index < -0.39 is 21.7 Å². The van der Waals surface area contributed by atoms with Gasteiger partial charge in [-0.2, -0.15) is 0 Å². The summed E-state index contributed by atoms with van der Waals surface area (Å²) in [5.74, 6) is -1.10. The Labute approximate surface area is 128 Å². The fraction of sp³-hybridized carbons (Fsp3) is 0.462. The highest BCUT2D eigenvalue weighted by molar-refractivity contribution is 7.88. The van der Waals surface area contributed by atoms with Crippen LogP contribution in [0.2, 0.25) is 5.02 Å². The number of halogens is 2. The second-order valence-electron chi connectivity index (χ2n) is 5.06. The van der Waals surface area contributed by atoms with Gasteiger partial charge in [-0.3, -0.25) is 4.79 Å². The Kier molecular flexibility index (Phi) is 4.85. The van der Waals surface area contributed by atoms with Crippen LogP contribution < -0.4 is 5.32 Å². The zero-order chi connectivity index (χ0) is 15.6. The van der Waals surface area contributed by atoms with Crippen molar-refractivity contribution < 1.29 is 17.6 Å². The van der Waals surface area contributed by atoms with E-state index in [1.165, 1.54) is 16.4 Å². The average molecular weight is 335 g/mol. The van der Waals surface area contributed by atoms with E-state index in [2.05, 4.69) is 5.32 Å². The Morgan fingerprint density at radius 2 is 2.19 bits per heavy atom. The molecule has 1 amide bonds. The van der Waals surface area contributed by atoms with E-state index in [0.29, 0.717) is 19.4 Å². The second kappa shape index (κ2) is 6.29. The van der Waals surface area contributed by atoms with Crippen LogP contribution in [-0.2, 0) is 10.0 Å². The van der Waals surface area contributed by atoms with Crippen LogP contribution in [0.1, 0.15) is 23.2 Å². The van der Waals surface area contributed by atoms with Crippen molar-refractivity contribution in [1.82, 2.24) is 9.62 Å². The molecule has 0 spiro atoms. The molecule has 2 rings (SSSR count). The Bertz CT molecular complexity index is 651. The van der Waals surface area contributed by atoms with Crippen molar-refractivity contribution in [3.63, 3.8) is 0 Å². The average Bonchev–Trinajstić information content (AvgIpc) is 2.41. The monoisotopic (exact) mass is 334 g/mol. The molecule has 1 aromatic carbocycles. The van der Waals surface area contributed by atoms with Crippen molar-refractivity contribution in [3.05, 3.63) is 34.6 Å². The van der Waals surface area contributed by atoms with Gasteiger partial charge in [-0.25, -0.2) is 17.1 Å². The SMILES string of the molecule is CS(=O)(=O)N1CCCC(NC(=O)c2ccc(Cl)c(F)c2)C1. The molecule has 0 radical (unpaired) electrons. The van der Waals surface area contributed by atoms with E-state index in [9.17, 15) is 17.6 Å². The minimum Gasteiger partial charge on any atom is -0.348 e. The molecule has 1 aromatic rings. The Morgan fingerprint density at radius 3 is 2.81 bits per heavy atom. The maximum absolute atomic E-state index is 13.3. The highest BCUT2D eigenvalue weighted by Crippen LogP contribution is 2.17. The zero-order valence-electron chi connectivity index (χ0n) is 11.5. The second-order valence-corrected chi connectivity index (χ2v) is 7.45. The van der Waals surface area contributed by atoms with E-state index >= 15 is 0 Å². The van der Waals surface area contributed by atoms with Crippen molar-refractivity contribution in [2.45, 2.75) is 18.9 Å². The third-order valence-corrected chi connectivity index (χ3v) is 4.95. The molecule has 8 heteroatoms. The van der Waals surface area contributed by atoms with Crippen LogP contribution in [0.15, 0.2) is 18.2 Å². The summed E-state index contributed by atoms with van der Waals surface area (Å²) >= 11 is 5.57. The molecule has 21 heavy (non-hydrogen) atoms. The van der Waals surface area contributed by atoms with Crippen molar-refractivity contribution >= 4 is 27.5 Å². The first-order chi connectivity index (χ1) is 9.77. The molecule has 0 bridgehead atoms. The highest BCUT2D eigenvalue weighted by Gasteiger charge is 2.27. The Balaban J connectivity index is 2.03. The summed E-state index contributed by atoms with van der Waals surface area (Å²) in [6.45, 7) is 0.696. The van der Waals surface area contributed by atoms with Crippen LogP contribution in [0.3, 0.4) is 0 Å². The first-order valence-electron chi connectivity index (χ1n) is 6.48. The van der Waals surface area contributed by atoms with E-state index in [0.717, 1.165) is 12.3 Å². The number of piperidine rings is 1. The van der Waals surface area contributed by atoms with Gasteiger partial charge in [-0.05, 0) is 31.0 Å². The minimum absolute atomic E-state index is 0.0486. The molecule has 1 heterocycles. The van der Waals surface area contributed by atoms with Crippen molar-refractivity contribution in [2.24, 2.45) is 0 Å². The van der Waals surface area contributed by atoms with Gasteiger partial charge in [0.05, 0.1) is 11.3 Å². The van der Waals surface area contributed by atoms with Crippen LogP contribution in [0, 0.1) is 5.82 Å². The van der Waals surface area contributed by atoms with Crippen LogP contribution in [0.25, 0.3) is 0 Å². The first kappa shape index (κ1) is 16.2. The number of nitrogens with one attached hydrogen (secondary N) is 1. The lowest BCUT2D eigenvalue weighted by atomic mass is 10.1. The van der Waals surface area contributed by atoms with Gasteiger partial charge in [0.1, 0.15) is 5.82 Å². The molecule has 1 fully saturated rings. The lowest BCUT2D eigenvalue weighted by Gasteiger charge is -2.31. The Morgan fingerprint density at radius 1 is 1.48 bits per heavy atom. The van der Waals surface area contributed by atoms with Crippen LogP contribution in [-0.4, -0.2) is 44.0 Å². The molecular weight excluding hydrogens is 319 g/mol. The number of carbonyl (C=O) groups excluding carboxylic acids is 1. The number of nitrogens with zero attached hydrogens (tertiary/aromatic N) is 1. The molecule has 1 saturated heterocycles. The predicted molar refractivity (Wildman–Crippen MR) is 78.3 cm³/mol. The van der Waals surface area contributed by atoms with Gasteiger partial charge in [-0.15, -0.1) is 0 Å². The summed E-state index contributed by atoms with van der Waals surface area (Å²) in [7, 11) is -3.27. The highest BCUT2D eigenvalue weighted by atomic mass is 35.5. The van der Waals surface area contributed by atoms with E-state index in [-0.39, 0.29) is 23.2 Å². The summed E-state index contributed by atoms with van der Waals surface area (Å²) in [6, 6.07) is 3.53. The molecule has 1 aliphatic heterocycles. The molecule has 0 aliphatic carbocycles. The number of hydrogen-bond acceptors (Lipinski definition) is 3. The van der Waals surface area contributed by atoms with Crippen LogP contribution in [0.4, 0.5) is 4.39 Å². The quantitative estimate of drug-likeness (QED) is 0.913. The van der Waals surface area contributed by atoms with Gasteiger partial charge in [0.2, 0.25) is 10.0 Å². The standard InChI is InChI=1S/C13H16ClFN2O3S/c1-21(19,20)17-6-2-3-10(8-17)16-13(18)9-4-5-11(14)12(15)7-9/h4-5,7,10H,2-3,6,8H2,1H3,(H,16,18). The van der Waals surface area contributed by atoms with E-state index in [1.807, 2.05) is 0 Å². The third kappa shape index (κ3) is 4.15. The molecule has 5 nitrogen and oxygen atoms in total. The summed E-state index contributed by atoms with van der Waals surface area (Å²) in [5.41, 5.74) is 0.161. The predicted octanol–water partition coefficient (Wildman–Crippen LogP) is 1.63. The molecule has 1 N–H and O–H groups in total. The lowest BCUT2D eigenvalue weighted by molar-refractivity contribution is 0.0921. The van der Waals surface area contributed by atoms with Gasteiger partial charge in [0.25, 0.3) is 5.91 Å². The molecule has 0 saturated carbocycles. The van der Waals surface area contributed by atoms with Gasteiger partial charge >= 0.3 is 0 Å². The molecule has 0 aromatic heterocycles. The van der Waals surface area contributed by atoms with Gasteiger partial charge in [0, 0.05) is 24.7 Å². The topological polar surface area (TPSA) is 66.5 Å². The maximum atomic E-state index is 13.3. The zero-order valence-corrected chi connectivity index (χ0v) is 13.0. The number of sulfonamides is 1. The molecule has 1 aliphatic rings. The van der Waals surface area contributed by atoms with Crippen LogP contribution in [0.5, 0.6) is 0 Å². The van der Waals surface area contributed by atoms with E-state index in [4.69, 9.17) is 11.6 Å². The Hall–Kier alpha value is -1.18. The van der Waals surface area contributed by atoms with E-state index in [1.54, 1.807) is 0 Å². The maximum Gasteiger partial charge on any atom is 0.251 e. The van der Waals surface area contributed by atoms with Gasteiger partial charge < -0.3 is 5.32 Å². The largest absolute Gasteiger partial charge is 0.348 e. The lowest BCUT2D eigenvalue weighted by Crippen LogP contribution is -2.49. The summed E-state index contributed by atoms with van der Waals surface area (Å²) in [4.78, 5) is 12.0. The fourth-order valence-electron chi connectivity index (χ4n) is 2.27. The van der Waals surface area contributed by atoms with Crippen molar-refractivity contribution in [2.75, 3.05) is 19.3 Å². The summed E-state index contributed by atoms with van der Waals surface area (Å²) in [6.07, 6.45) is 2.51. The summed E-state index contributed by atoms with van der Waals surface area (Å²) < 4.78 is 37.7.